The van der Waals surface area contributed by atoms with Crippen molar-refractivity contribution in [3.05, 3.63) is 78.3 Å². The normalized spacial score (nSPS) is 18.9. The maximum Gasteiger partial charge on any atom is 0.349 e. The molecule has 0 spiro atoms. The number of carbonyl (C=O) groups excluding carboxylic acids is 2. The van der Waals surface area contributed by atoms with Gasteiger partial charge in [-0.05, 0) is 30.3 Å². The lowest BCUT2D eigenvalue weighted by Gasteiger charge is -2.31. The minimum absolute atomic E-state index is 0.0948. The van der Waals surface area contributed by atoms with Crippen molar-refractivity contribution in [3.63, 3.8) is 0 Å². The molecular weight excluding hydrogens is 370 g/mol. The Hall–Kier alpha value is -4.25. The van der Waals surface area contributed by atoms with Crippen LogP contribution in [0.15, 0.2) is 81.4 Å². The highest BCUT2D eigenvalue weighted by Crippen LogP contribution is 2.23. The predicted molar refractivity (Wildman–Crippen MR) is 106 cm³/mol. The van der Waals surface area contributed by atoms with Crippen LogP contribution < -0.4 is 5.32 Å². The maximum absolute atomic E-state index is 12.6. The number of nitriles is 1. The van der Waals surface area contributed by atoms with Gasteiger partial charge in [0.25, 0.3) is 0 Å². The monoisotopic (exact) mass is 385 g/mol. The Kier molecular flexibility index (Phi) is 4.86. The Bertz CT molecular complexity index is 1120. The molecule has 0 fully saturated rings. The first-order chi connectivity index (χ1) is 14.2. The second kappa shape index (κ2) is 7.78. The molecule has 1 aliphatic heterocycles. The van der Waals surface area contributed by atoms with Crippen LogP contribution in [0.1, 0.15) is 11.3 Å². The molecule has 2 aromatic rings. The zero-order valence-electron chi connectivity index (χ0n) is 15.1. The summed E-state index contributed by atoms with van der Waals surface area (Å²) in [5.41, 5.74) is 1.17. The van der Waals surface area contributed by atoms with Gasteiger partial charge >= 0.3 is 12.1 Å². The number of amides is 4. The maximum atomic E-state index is 12.6. The minimum atomic E-state index is -0.691. The van der Waals surface area contributed by atoms with E-state index in [2.05, 4.69) is 15.3 Å². The quantitative estimate of drug-likeness (QED) is 0.863. The van der Waals surface area contributed by atoms with Crippen LogP contribution in [0.5, 0.6) is 0 Å². The van der Waals surface area contributed by atoms with Gasteiger partial charge in [0.2, 0.25) is 0 Å². The third kappa shape index (κ3) is 3.75. The van der Waals surface area contributed by atoms with Crippen molar-refractivity contribution in [1.82, 2.24) is 4.90 Å². The van der Waals surface area contributed by atoms with Crippen molar-refractivity contribution in [1.29, 1.82) is 5.26 Å². The van der Waals surface area contributed by atoms with Crippen LogP contribution in [-0.2, 0) is 6.54 Å². The molecule has 4 amide bonds. The number of allylic oxidation sites excluding steroid dienone is 3. The Labute approximate surface area is 166 Å². The Morgan fingerprint density at radius 2 is 2.14 bits per heavy atom. The standard InChI is InChI=1S/C21H15N5O3/c22-12-14-6-1-3-9-17(14)23-20(27)25-19-16-8-2-4-10-18(16)24-21(28)26(19)13-15-7-5-11-29-15/h1-11,16H,13H2,(H,23,27)/b25-19+. The molecule has 8 heteroatoms. The fraction of sp³-hybridized carbons (Fsp3) is 0.0952. The highest BCUT2D eigenvalue weighted by molar-refractivity contribution is 6.24. The molecule has 1 atom stereocenters. The van der Waals surface area contributed by atoms with E-state index in [1.54, 1.807) is 48.6 Å². The number of nitrogens with zero attached hydrogens (tertiary/aromatic N) is 4. The zero-order chi connectivity index (χ0) is 20.2. The van der Waals surface area contributed by atoms with Gasteiger partial charge in [-0.25, -0.2) is 9.59 Å². The number of urea groups is 2. The molecule has 2 aliphatic rings. The first kappa shape index (κ1) is 18.1. The molecule has 0 saturated carbocycles. The van der Waals surface area contributed by atoms with Gasteiger partial charge in [-0.1, -0.05) is 30.4 Å². The smallest absolute Gasteiger partial charge is 0.349 e. The number of carbonyl (C=O) groups is 2. The van der Waals surface area contributed by atoms with Gasteiger partial charge in [0.1, 0.15) is 17.7 Å². The topological polar surface area (TPSA) is 111 Å². The van der Waals surface area contributed by atoms with E-state index >= 15 is 0 Å². The highest BCUT2D eigenvalue weighted by Gasteiger charge is 2.35. The molecule has 1 aliphatic carbocycles. The molecule has 1 N–H and O–H groups in total. The summed E-state index contributed by atoms with van der Waals surface area (Å²) < 4.78 is 5.33. The molecule has 4 rings (SSSR count). The van der Waals surface area contributed by atoms with Crippen LogP contribution in [0.3, 0.4) is 0 Å². The van der Waals surface area contributed by atoms with E-state index in [-0.39, 0.29) is 12.4 Å². The average Bonchev–Trinajstić information content (AvgIpc) is 3.24. The number of hydrogen-bond donors (Lipinski definition) is 1. The average molecular weight is 385 g/mol. The number of rotatable bonds is 3. The van der Waals surface area contributed by atoms with Gasteiger partial charge < -0.3 is 9.73 Å². The summed E-state index contributed by atoms with van der Waals surface area (Å²) in [6, 6.07) is 10.8. The van der Waals surface area contributed by atoms with E-state index in [0.29, 0.717) is 22.7 Å². The molecular formula is C21H15N5O3. The van der Waals surface area contributed by atoms with E-state index < -0.39 is 18.0 Å². The summed E-state index contributed by atoms with van der Waals surface area (Å²) in [7, 11) is 0. The lowest BCUT2D eigenvalue weighted by molar-refractivity contribution is 0.223. The lowest BCUT2D eigenvalue weighted by atomic mass is 9.94. The molecule has 0 bridgehead atoms. The second-order valence-electron chi connectivity index (χ2n) is 6.26. The largest absolute Gasteiger partial charge is 0.467 e. The van der Waals surface area contributed by atoms with E-state index in [9.17, 15) is 14.9 Å². The number of fused-ring (bicyclic) bond motifs is 1. The predicted octanol–water partition coefficient (Wildman–Crippen LogP) is 3.90. The summed E-state index contributed by atoms with van der Waals surface area (Å²) >= 11 is 0. The summed E-state index contributed by atoms with van der Waals surface area (Å²) in [6.07, 6.45) is 8.61. The van der Waals surface area contributed by atoms with Crippen molar-refractivity contribution >= 4 is 29.3 Å². The van der Waals surface area contributed by atoms with Crippen LogP contribution >= 0.6 is 0 Å². The van der Waals surface area contributed by atoms with Crippen molar-refractivity contribution in [2.75, 3.05) is 5.32 Å². The molecule has 1 unspecified atom stereocenters. The van der Waals surface area contributed by atoms with Crippen molar-refractivity contribution in [2.24, 2.45) is 15.9 Å². The van der Waals surface area contributed by atoms with Gasteiger partial charge in [0, 0.05) is 0 Å². The molecule has 1 aromatic heterocycles. The molecule has 0 radical (unpaired) electrons. The van der Waals surface area contributed by atoms with Crippen LogP contribution in [0.25, 0.3) is 0 Å². The summed E-state index contributed by atoms with van der Waals surface area (Å²) in [6.45, 7) is 0.0948. The Morgan fingerprint density at radius 3 is 2.93 bits per heavy atom. The Morgan fingerprint density at radius 1 is 1.28 bits per heavy atom. The SMILES string of the molecule is N#Cc1ccccc1NC(=O)/N=C1\C2C=CC=CC2=NC(=O)N1Cc1ccco1. The van der Waals surface area contributed by atoms with Gasteiger partial charge in [0.05, 0.1) is 35.7 Å². The number of para-hydroxylation sites is 1. The van der Waals surface area contributed by atoms with Crippen LogP contribution in [0.2, 0.25) is 0 Å². The second-order valence-corrected chi connectivity index (χ2v) is 6.26. The first-order valence-electron chi connectivity index (χ1n) is 8.82. The third-order valence-corrected chi connectivity index (χ3v) is 4.41. The van der Waals surface area contributed by atoms with Crippen LogP contribution in [-0.4, -0.2) is 28.5 Å². The van der Waals surface area contributed by atoms with Crippen molar-refractivity contribution < 1.29 is 14.0 Å². The van der Waals surface area contributed by atoms with E-state index in [4.69, 9.17) is 4.42 Å². The summed E-state index contributed by atoms with van der Waals surface area (Å²) in [5.74, 6) is 0.337. The fourth-order valence-electron chi connectivity index (χ4n) is 3.07. The number of anilines is 1. The Balaban J connectivity index is 1.68. The van der Waals surface area contributed by atoms with Gasteiger partial charge in [-0.15, -0.1) is 0 Å². The minimum Gasteiger partial charge on any atom is -0.467 e. The van der Waals surface area contributed by atoms with Gasteiger partial charge in [-0.2, -0.15) is 15.2 Å². The number of aliphatic imine (C=N–C) groups is 2. The summed E-state index contributed by atoms with van der Waals surface area (Å²) in [5, 5.41) is 11.8. The fourth-order valence-corrected chi connectivity index (χ4v) is 3.07. The molecule has 142 valence electrons. The van der Waals surface area contributed by atoms with Crippen molar-refractivity contribution in [3.8, 4) is 6.07 Å². The molecule has 2 heterocycles. The lowest BCUT2D eigenvalue weighted by Crippen LogP contribution is -2.46. The van der Waals surface area contributed by atoms with E-state index in [0.717, 1.165) is 0 Å². The van der Waals surface area contributed by atoms with Crippen LogP contribution in [0, 0.1) is 17.2 Å². The van der Waals surface area contributed by atoms with Crippen LogP contribution in [0.4, 0.5) is 15.3 Å². The highest BCUT2D eigenvalue weighted by atomic mass is 16.3. The molecule has 1 aromatic carbocycles. The summed E-state index contributed by atoms with van der Waals surface area (Å²) in [4.78, 5) is 34.8. The number of benzene rings is 1. The van der Waals surface area contributed by atoms with E-state index in [1.165, 1.54) is 11.2 Å². The van der Waals surface area contributed by atoms with Crippen molar-refractivity contribution in [2.45, 2.75) is 6.54 Å². The number of nitrogens with one attached hydrogen (secondary N) is 1. The van der Waals surface area contributed by atoms with Gasteiger partial charge in [0.15, 0.2) is 0 Å². The number of furan rings is 1. The third-order valence-electron chi connectivity index (χ3n) is 4.41. The van der Waals surface area contributed by atoms with Gasteiger partial charge in [-0.3, -0.25) is 4.90 Å². The molecule has 8 nitrogen and oxygen atoms in total. The van der Waals surface area contributed by atoms with E-state index in [1.807, 2.05) is 18.2 Å². The first-order valence-corrected chi connectivity index (χ1v) is 8.82. The molecule has 29 heavy (non-hydrogen) atoms. The zero-order valence-corrected chi connectivity index (χ0v) is 15.1. The number of hydrogen-bond acceptors (Lipinski definition) is 4. The number of amidine groups is 1. The molecule has 0 saturated heterocycles.